The van der Waals surface area contributed by atoms with Gasteiger partial charge in [0.2, 0.25) is 5.88 Å². The Hall–Kier alpha value is -0.960. The normalized spacial score (nSPS) is 10.5. The van der Waals surface area contributed by atoms with Crippen LogP contribution in [0.15, 0.2) is 10.2 Å². The van der Waals surface area contributed by atoms with Crippen molar-refractivity contribution in [2.75, 3.05) is 0 Å². The molecule has 0 spiro atoms. The van der Waals surface area contributed by atoms with Gasteiger partial charge in [-0.15, -0.1) is 11.3 Å². The number of halogens is 1. The van der Waals surface area contributed by atoms with Crippen molar-refractivity contribution in [3.05, 3.63) is 25.0 Å². The van der Waals surface area contributed by atoms with Crippen LogP contribution >= 0.6 is 33.9 Å². The zero-order valence-electron chi connectivity index (χ0n) is 7.61. The van der Waals surface area contributed by atoms with E-state index in [0.717, 1.165) is 5.69 Å². The summed E-state index contributed by atoms with van der Waals surface area (Å²) in [6.07, 6.45) is 0. The van der Waals surface area contributed by atoms with Crippen molar-refractivity contribution in [1.82, 2.24) is 15.0 Å². The molecule has 15 heavy (non-hydrogen) atoms. The van der Waals surface area contributed by atoms with E-state index in [1.165, 1.54) is 11.3 Å². The monoisotopic (exact) mass is 335 g/mol. The molecule has 0 bridgehead atoms. The second kappa shape index (κ2) is 3.89. The maximum absolute atomic E-state index is 11.4. The summed E-state index contributed by atoms with van der Waals surface area (Å²) in [7, 11) is 0. The number of aromatic amines is 1. The quantitative estimate of drug-likeness (QED) is 0.775. The van der Waals surface area contributed by atoms with Gasteiger partial charge in [-0.2, -0.15) is 4.98 Å². The Morgan fingerprint density at radius 3 is 2.80 bits per heavy atom. The molecule has 2 aromatic heterocycles. The summed E-state index contributed by atoms with van der Waals surface area (Å²) in [4.78, 5) is 21.9. The molecule has 0 unspecified atom stereocenters. The average molecular weight is 335 g/mol. The Kier molecular flexibility index (Phi) is 2.74. The minimum atomic E-state index is -0.356. The highest BCUT2D eigenvalue weighted by Crippen LogP contribution is 2.21. The Balaban J connectivity index is 2.60. The topological polar surface area (TPSA) is 78.9 Å². The van der Waals surface area contributed by atoms with E-state index in [4.69, 9.17) is 0 Å². The Morgan fingerprint density at radius 2 is 2.27 bits per heavy atom. The number of hydrogen-bond donors (Lipinski definition) is 2. The molecule has 0 aliphatic carbocycles. The maximum atomic E-state index is 11.4. The van der Waals surface area contributed by atoms with E-state index in [0.29, 0.717) is 10.8 Å². The van der Waals surface area contributed by atoms with Crippen LogP contribution in [0.5, 0.6) is 5.88 Å². The predicted octanol–water partition coefficient (Wildman–Crippen LogP) is 1.51. The van der Waals surface area contributed by atoms with Crippen LogP contribution in [0.25, 0.3) is 10.8 Å². The molecule has 0 aromatic carbocycles. The molecule has 2 heterocycles. The number of aryl methyl sites for hydroxylation is 1. The highest BCUT2D eigenvalue weighted by atomic mass is 127. The number of nitrogens with one attached hydrogen (secondary N) is 1. The smallest absolute Gasteiger partial charge is 0.268 e. The first-order valence-corrected chi connectivity index (χ1v) is 5.95. The summed E-state index contributed by atoms with van der Waals surface area (Å²) in [5.41, 5.74) is 0.502. The van der Waals surface area contributed by atoms with Crippen LogP contribution in [0, 0.1) is 10.5 Å². The number of rotatable bonds is 1. The molecule has 0 amide bonds. The fraction of sp³-hybridized carbons (Fsp3) is 0.125. The van der Waals surface area contributed by atoms with E-state index < -0.39 is 0 Å². The van der Waals surface area contributed by atoms with Crippen LogP contribution in [-0.2, 0) is 0 Å². The van der Waals surface area contributed by atoms with Gasteiger partial charge >= 0.3 is 0 Å². The van der Waals surface area contributed by atoms with Gasteiger partial charge in [0, 0.05) is 11.1 Å². The van der Waals surface area contributed by atoms with Gasteiger partial charge in [-0.25, -0.2) is 4.98 Å². The maximum Gasteiger partial charge on any atom is 0.268 e. The van der Waals surface area contributed by atoms with E-state index in [2.05, 4.69) is 15.0 Å². The number of nitrogens with zero attached hydrogens (tertiary/aromatic N) is 2. The van der Waals surface area contributed by atoms with Gasteiger partial charge in [-0.1, -0.05) is 0 Å². The molecule has 0 fully saturated rings. The van der Waals surface area contributed by atoms with Crippen LogP contribution < -0.4 is 5.56 Å². The Morgan fingerprint density at radius 1 is 1.53 bits per heavy atom. The molecule has 7 heteroatoms. The third-order valence-electron chi connectivity index (χ3n) is 1.67. The number of H-pyrrole nitrogens is 1. The molecule has 2 rings (SSSR count). The lowest BCUT2D eigenvalue weighted by Crippen LogP contribution is -2.12. The molecule has 0 saturated carbocycles. The van der Waals surface area contributed by atoms with E-state index in [9.17, 15) is 9.90 Å². The second-order valence-corrected chi connectivity index (χ2v) is 4.78. The summed E-state index contributed by atoms with van der Waals surface area (Å²) in [5.74, 6) is 0.0400. The fourth-order valence-electron chi connectivity index (χ4n) is 1.01. The van der Waals surface area contributed by atoms with Crippen LogP contribution in [0.4, 0.5) is 0 Å². The number of thiazole rings is 1. The number of aromatic hydroxyl groups is 1. The third kappa shape index (κ3) is 2.02. The lowest BCUT2D eigenvalue weighted by Gasteiger charge is -1.98. The minimum absolute atomic E-state index is 0.185. The molecule has 2 N–H and O–H groups in total. The molecule has 0 aliphatic rings. The van der Waals surface area contributed by atoms with Crippen molar-refractivity contribution in [3.63, 3.8) is 0 Å². The van der Waals surface area contributed by atoms with E-state index >= 15 is 0 Å². The SMILES string of the molecule is Cc1csc(-c2nc(O)c(I)c(=O)[nH]2)n1. The van der Waals surface area contributed by atoms with Crippen molar-refractivity contribution in [3.8, 4) is 16.7 Å². The zero-order valence-corrected chi connectivity index (χ0v) is 10.6. The largest absolute Gasteiger partial charge is 0.492 e. The summed E-state index contributed by atoms with van der Waals surface area (Å²) in [6.45, 7) is 1.85. The van der Waals surface area contributed by atoms with Gasteiger partial charge < -0.3 is 10.1 Å². The molecule has 5 nitrogen and oxygen atoms in total. The van der Waals surface area contributed by atoms with Gasteiger partial charge in [-0.05, 0) is 29.5 Å². The summed E-state index contributed by atoms with van der Waals surface area (Å²) in [6, 6.07) is 0. The molecule has 0 saturated heterocycles. The molecule has 2 aromatic rings. The molecular weight excluding hydrogens is 329 g/mol. The predicted molar refractivity (Wildman–Crippen MR) is 65.1 cm³/mol. The van der Waals surface area contributed by atoms with Gasteiger partial charge in [0.1, 0.15) is 3.57 Å². The standard InChI is InChI=1S/C8H6IN3O2S/c1-3-2-15-8(10-3)5-11-6(13)4(9)7(14)12-5/h2H,1H3,(H2,11,12,13,14). The van der Waals surface area contributed by atoms with Crippen molar-refractivity contribution in [2.24, 2.45) is 0 Å². The Bertz CT molecular complexity index is 563. The highest BCUT2D eigenvalue weighted by molar-refractivity contribution is 14.1. The van der Waals surface area contributed by atoms with Crippen LogP contribution in [-0.4, -0.2) is 20.1 Å². The van der Waals surface area contributed by atoms with Crippen LogP contribution in [0.1, 0.15) is 5.69 Å². The lowest BCUT2D eigenvalue weighted by molar-refractivity contribution is 0.447. The fourth-order valence-corrected chi connectivity index (χ4v) is 2.01. The van der Waals surface area contributed by atoms with E-state index in [-0.39, 0.29) is 15.0 Å². The molecule has 0 atom stereocenters. The zero-order chi connectivity index (χ0) is 11.0. The lowest BCUT2D eigenvalue weighted by atomic mass is 10.5. The number of aromatic nitrogens is 3. The van der Waals surface area contributed by atoms with Crippen molar-refractivity contribution < 1.29 is 5.11 Å². The number of hydrogen-bond acceptors (Lipinski definition) is 5. The third-order valence-corrected chi connectivity index (χ3v) is 3.61. The minimum Gasteiger partial charge on any atom is -0.492 e. The van der Waals surface area contributed by atoms with Crippen molar-refractivity contribution in [2.45, 2.75) is 6.92 Å². The van der Waals surface area contributed by atoms with Crippen molar-refractivity contribution >= 4 is 33.9 Å². The van der Waals surface area contributed by atoms with Gasteiger partial charge in [0.05, 0.1) is 0 Å². The first kappa shape index (κ1) is 10.6. The molecule has 78 valence electrons. The Labute approximate surface area is 102 Å². The first-order valence-electron chi connectivity index (χ1n) is 3.99. The average Bonchev–Trinajstić information content (AvgIpc) is 2.60. The van der Waals surface area contributed by atoms with E-state index in [1.807, 2.05) is 12.3 Å². The van der Waals surface area contributed by atoms with Crippen molar-refractivity contribution in [1.29, 1.82) is 0 Å². The van der Waals surface area contributed by atoms with Crippen LogP contribution in [0.3, 0.4) is 0 Å². The molecular formula is C8H6IN3O2S. The highest BCUT2D eigenvalue weighted by Gasteiger charge is 2.11. The van der Waals surface area contributed by atoms with Gasteiger partial charge in [0.15, 0.2) is 10.8 Å². The van der Waals surface area contributed by atoms with Gasteiger partial charge in [-0.3, -0.25) is 4.79 Å². The molecule has 0 radical (unpaired) electrons. The summed E-state index contributed by atoms with van der Waals surface area (Å²) < 4.78 is 0.185. The summed E-state index contributed by atoms with van der Waals surface area (Å²) >= 11 is 3.11. The molecule has 0 aliphatic heterocycles. The van der Waals surface area contributed by atoms with Crippen LogP contribution in [0.2, 0.25) is 0 Å². The first-order chi connectivity index (χ1) is 7.08. The second-order valence-electron chi connectivity index (χ2n) is 2.85. The van der Waals surface area contributed by atoms with E-state index in [1.54, 1.807) is 22.6 Å². The summed E-state index contributed by atoms with van der Waals surface area (Å²) in [5, 5.41) is 11.8. The van der Waals surface area contributed by atoms with Gasteiger partial charge in [0.25, 0.3) is 5.56 Å².